The molecule has 0 bridgehead atoms. The zero-order chi connectivity index (χ0) is 3.58. The van der Waals surface area contributed by atoms with Crippen LogP contribution in [0.3, 0.4) is 0 Å². The van der Waals surface area contributed by atoms with Crippen molar-refractivity contribution >= 4 is 59.1 Å². The minimum Gasteiger partial charge on any atom is -0.369 e. The van der Waals surface area contributed by atoms with E-state index >= 15 is 0 Å². The Morgan fingerprint density at radius 2 is 1.14 bits per heavy atom. The van der Waals surface area contributed by atoms with Gasteiger partial charge in [-0.25, -0.2) is 0 Å². The second-order valence-corrected chi connectivity index (χ2v) is 0.224. The summed E-state index contributed by atoms with van der Waals surface area (Å²) >= 11 is 0. The van der Waals surface area contributed by atoms with Crippen LogP contribution >= 0.6 is 0 Å². The molecule has 0 aromatic heterocycles. The first kappa shape index (κ1) is 24.2. The molecule has 0 rings (SSSR count). The van der Waals surface area contributed by atoms with E-state index in [9.17, 15) is 0 Å². The molecule has 0 spiro atoms. The van der Waals surface area contributed by atoms with Gasteiger partial charge >= 0.3 is 0 Å². The van der Waals surface area contributed by atoms with Gasteiger partial charge in [0.15, 0.2) is 0 Å². The average molecular weight is 126 g/mol. The van der Waals surface area contributed by atoms with Crippen LogP contribution in [-0.2, 0) is 0 Å². The molecule has 2 radical (unpaired) electrons. The van der Waals surface area contributed by atoms with Gasteiger partial charge in [0.2, 0.25) is 0 Å². The van der Waals surface area contributed by atoms with Crippen molar-refractivity contribution in [1.82, 2.24) is 6.15 Å². The quantitative estimate of drug-likeness (QED) is 0.265. The first-order valence-electron chi connectivity index (χ1n) is 0.548. The maximum absolute atomic E-state index is 8.25. The van der Waals surface area contributed by atoms with E-state index in [0.717, 1.165) is 0 Å². The summed E-state index contributed by atoms with van der Waals surface area (Å²) in [4.78, 5) is 8.25. The maximum atomic E-state index is 8.25. The first-order chi connectivity index (χ1) is 1.73. The summed E-state index contributed by atoms with van der Waals surface area (Å²) in [6, 6.07) is 0. The van der Waals surface area contributed by atoms with Crippen LogP contribution in [0.2, 0.25) is 0 Å². The van der Waals surface area contributed by atoms with E-state index in [1.807, 2.05) is 0 Å². The maximum Gasteiger partial charge on any atom is 0.0689 e. The standard InChI is InChI=1S/NO3.H3N.2Na/c2-1(3)4;;;/h;1H3;;/q-1;;;/p+1. The van der Waals surface area contributed by atoms with Gasteiger partial charge in [0.1, 0.15) is 0 Å². The number of hydrogen-bond donors (Lipinski definition) is 1. The molecule has 0 aromatic rings. The Morgan fingerprint density at radius 3 is 1.14 bits per heavy atom. The van der Waals surface area contributed by atoms with E-state index < -0.39 is 5.09 Å². The van der Waals surface area contributed by atoms with Crippen LogP contribution in [0.1, 0.15) is 0 Å². The number of hydrogen-bond acceptors (Lipinski definition) is 3. The predicted molar refractivity (Wildman–Crippen MR) is 27.9 cm³/mol. The molecule has 0 aliphatic heterocycles. The molecule has 0 atom stereocenters. The van der Waals surface area contributed by atoms with Crippen LogP contribution < -0.4 is 6.15 Å². The van der Waals surface area contributed by atoms with Crippen LogP contribution in [0, 0.1) is 15.3 Å². The molecule has 0 aromatic carbocycles. The summed E-state index contributed by atoms with van der Waals surface area (Å²) in [7, 11) is 0. The molecule has 0 fully saturated rings. The molecule has 4 N–H and O–H groups in total. The summed E-state index contributed by atoms with van der Waals surface area (Å²) in [6.07, 6.45) is 0. The Kier molecular flexibility index (Phi) is 54.2. The third-order valence-electron chi connectivity index (χ3n) is 0. The van der Waals surface area contributed by atoms with Gasteiger partial charge in [0, 0.05) is 59.1 Å². The normalized spacial score (nSPS) is 3.43. The monoisotopic (exact) mass is 126 g/mol. The van der Waals surface area contributed by atoms with Crippen molar-refractivity contribution in [2.45, 2.75) is 0 Å². The summed E-state index contributed by atoms with van der Waals surface area (Å²) < 4.78 is 0. The molecule has 0 saturated carbocycles. The fourth-order valence-electron chi connectivity index (χ4n) is 0. The van der Waals surface area contributed by atoms with Gasteiger partial charge in [0.25, 0.3) is 0 Å². The summed E-state index contributed by atoms with van der Waals surface area (Å²) in [5.74, 6) is 0. The van der Waals surface area contributed by atoms with E-state index in [1.165, 1.54) is 0 Å². The van der Waals surface area contributed by atoms with Gasteiger partial charge in [-0.2, -0.15) is 0 Å². The predicted octanol–water partition coefficient (Wildman–Crippen LogP) is -0.625. The molecule has 5 nitrogen and oxygen atoms in total. The van der Waals surface area contributed by atoms with E-state index in [2.05, 4.69) is 0 Å². The van der Waals surface area contributed by atoms with Gasteiger partial charge in [-0.3, -0.25) is 0 Å². The van der Waals surface area contributed by atoms with Gasteiger partial charge in [-0.15, -0.1) is 0 Å². The van der Waals surface area contributed by atoms with Crippen LogP contribution in [0.4, 0.5) is 0 Å². The second kappa shape index (κ2) is 15.7. The minimum absolute atomic E-state index is 0. The van der Waals surface area contributed by atoms with Crippen LogP contribution in [-0.4, -0.2) is 64.2 Å². The molecule has 34 valence electrons. The average Bonchev–Trinajstić information content (AvgIpc) is 0.811. The van der Waals surface area contributed by atoms with E-state index in [0.29, 0.717) is 0 Å². The SMILES string of the molecule is O=[N+]([O-])[O-].[NH4+].[Na].[Na]. The van der Waals surface area contributed by atoms with Crippen molar-refractivity contribution in [3.05, 3.63) is 15.3 Å². The van der Waals surface area contributed by atoms with Crippen LogP contribution in [0.5, 0.6) is 0 Å². The van der Waals surface area contributed by atoms with E-state index in [1.54, 1.807) is 0 Å². The summed E-state index contributed by atoms with van der Waals surface area (Å²) in [6.45, 7) is 0. The largest absolute Gasteiger partial charge is 0.369 e. The molecule has 7 heavy (non-hydrogen) atoms. The Balaban J connectivity index is -0.0000000150. The molecular formula is H4N2Na2O3. The van der Waals surface area contributed by atoms with Crippen molar-refractivity contribution in [3.63, 3.8) is 0 Å². The molecule has 0 heterocycles. The van der Waals surface area contributed by atoms with Crippen LogP contribution in [0.25, 0.3) is 0 Å². The van der Waals surface area contributed by atoms with Crippen molar-refractivity contribution in [2.75, 3.05) is 0 Å². The second-order valence-electron chi connectivity index (χ2n) is 0.224. The fraction of sp³-hybridized carbons (Fsp3) is 0. The Morgan fingerprint density at radius 1 is 1.14 bits per heavy atom. The first-order valence-corrected chi connectivity index (χ1v) is 0.548. The van der Waals surface area contributed by atoms with Gasteiger partial charge in [-0.1, -0.05) is 0 Å². The Bertz CT molecular complexity index is 33.9. The minimum atomic E-state index is -1.75. The van der Waals surface area contributed by atoms with E-state index in [-0.39, 0.29) is 65.3 Å². The van der Waals surface area contributed by atoms with Crippen LogP contribution in [0.15, 0.2) is 0 Å². The van der Waals surface area contributed by atoms with Gasteiger partial charge < -0.3 is 21.5 Å². The molecule has 0 amide bonds. The Labute approximate surface area is 84.7 Å². The third-order valence-corrected chi connectivity index (χ3v) is 0. The molecule has 0 aliphatic rings. The van der Waals surface area contributed by atoms with Crippen molar-refractivity contribution < 1.29 is 5.09 Å². The van der Waals surface area contributed by atoms with Crippen molar-refractivity contribution in [1.29, 1.82) is 0 Å². The zero-order valence-electron chi connectivity index (χ0n) is 4.67. The number of rotatable bonds is 0. The smallest absolute Gasteiger partial charge is 0.0689 e. The van der Waals surface area contributed by atoms with E-state index in [4.69, 9.17) is 15.3 Å². The molecule has 0 unspecified atom stereocenters. The molecular weight excluding hydrogens is 122 g/mol. The summed E-state index contributed by atoms with van der Waals surface area (Å²) in [5.41, 5.74) is 0. The zero-order valence-corrected chi connectivity index (χ0v) is 8.67. The van der Waals surface area contributed by atoms with Crippen molar-refractivity contribution in [3.8, 4) is 0 Å². The topological polar surface area (TPSA) is 103 Å². The van der Waals surface area contributed by atoms with Gasteiger partial charge in [-0.05, 0) is 0 Å². The molecule has 0 aliphatic carbocycles. The molecule has 7 heteroatoms. The summed E-state index contributed by atoms with van der Waals surface area (Å²) in [5, 5.41) is 14.8. The van der Waals surface area contributed by atoms with Gasteiger partial charge in [0.05, 0.1) is 5.09 Å². The number of nitrogens with zero attached hydrogens (tertiary/aromatic N) is 1. The molecule has 0 saturated heterocycles. The Hall–Kier alpha value is 1.16. The van der Waals surface area contributed by atoms with Crippen molar-refractivity contribution in [2.24, 2.45) is 0 Å². The number of quaternary nitrogens is 1. The fourth-order valence-corrected chi connectivity index (χ4v) is 0. The third kappa shape index (κ3) is 142.